The van der Waals surface area contributed by atoms with Crippen LogP contribution >= 0.6 is 11.3 Å². The van der Waals surface area contributed by atoms with E-state index >= 15 is 0 Å². The minimum Gasteiger partial charge on any atom is -0.477 e. The molecule has 1 aromatic heterocycles. The van der Waals surface area contributed by atoms with E-state index in [0.717, 1.165) is 11.3 Å². The second-order valence-corrected chi connectivity index (χ2v) is 4.82. The predicted octanol–water partition coefficient (Wildman–Crippen LogP) is 1.72. The summed E-state index contributed by atoms with van der Waals surface area (Å²) in [5.41, 5.74) is 5.74. The summed E-state index contributed by atoms with van der Waals surface area (Å²) in [6, 6.07) is 0. The quantitative estimate of drug-likeness (QED) is 0.723. The molecular formula is C8H12N2O2S. The Balaban J connectivity index is 3.28. The van der Waals surface area contributed by atoms with E-state index in [1.165, 1.54) is 0 Å². The molecule has 0 aliphatic heterocycles. The number of nitrogen functional groups attached to an aromatic ring is 1. The standard InChI is InChI=1S/C8H12N2O2S/c1-8(2,3)5-4(6(11)12)13-7(9)10-5/h1-3H3,(H2,9,10)(H,11,12). The van der Waals surface area contributed by atoms with E-state index in [1.807, 2.05) is 20.8 Å². The summed E-state index contributed by atoms with van der Waals surface area (Å²) in [7, 11) is 0. The summed E-state index contributed by atoms with van der Waals surface area (Å²) >= 11 is 1.02. The third kappa shape index (κ3) is 1.98. The fourth-order valence-electron chi connectivity index (χ4n) is 0.990. The molecule has 1 aromatic rings. The van der Waals surface area contributed by atoms with Crippen LogP contribution in [-0.2, 0) is 5.41 Å². The smallest absolute Gasteiger partial charge is 0.347 e. The van der Waals surface area contributed by atoms with Gasteiger partial charge in [0.1, 0.15) is 4.88 Å². The Bertz CT molecular complexity index is 338. The van der Waals surface area contributed by atoms with Crippen molar-refractivity contribution >= 4 is 22.4 Å². The van der Waals surface area contributed by atoms with Crippen molar-refractivity contribution in [1.82, 2.24) is 4.98 Å². The summed E-state index contributed by atoms with van der Waals surface area (Å²) in [4.78, 5) is 15.1. The van der Waals surface area contributed by atoms with Crippen molar-refractivity contribution in [3.05, 3.63) is 10.6 Å². The van der Waals surface area contributed by atoms with Crippen molar-refractivity contribution in [3.8, 4) is 0 Å². The molecule has 1 rings (SSSR count). The van der Waals surface area contributed by atoms with E-state index in [1.54, 1.807) is 0 Å². The van der Waals surface area contributed by atoms with Crippen LogP contribution in [0.4, 0.5) is 5.13 Å². The third-order valence-corrected chi connectivity index (χ3v) is 2.42. The number of aromatic nitrogens is 1. The summed E-state index contributed by atoms with van der Waals surface area (Å²) in [5, 5.41) is 9.16. The molecule has 0 radical (unpaired) electrons. The number of hydrogen-bond acceptors (Lipinski definition) is 4. The number of carboxylic acids is 1. The monoisotopic (exact) mass is 200 g/mol. The Morgan fingerprint density at radius 2 is 2.08 bits per heavy atom. The molecule has 0 spiro atoms. The first-order valence-corrected chi connectivity index (χ1v) is 4.64. The van der Waals surface area contributed by atoms with Gasteiger partial charge >= 0.3 is 5.97 Å². The SMILES string of the molecule is CC(C)(C)c1nc(N)sc1C(=O)O. The highest BCUT2D eigenvalue weighted by atomic mass is 32.1. The zero-order valence-corrected chi connectivity index (χ0v) is 8.60. The summed E-state index contributed by atoms with van der Waals surface area (Å²) in [5.74, 6) is -0.959. The molecule has 0 amide bonds. The van der Waals surface area contributed by atoms with Crippen LogP contribution in [0.3, 0.4) is 0 Å². The maximum atomic E-state index is 10.8. The van der Waals surface area contributed by atoms with E-state index in [2.05, 4.69) is 4.98 Å². The average Bonchev–Trinajstić information content (AvgIpc) is 2.29. The van der Waals surface area contributed by atoms with Crippen molar-refractivity contribution in [2.24, 2.45) is 0 Å². The molecule has 4 nitrogen and oxygen atoms in total. The van der Waals surface area contributed by atoms with Crippen LogP contribution in [0.5, 0.6) is 0 Å². The van der Waals surface area contributed by atoms with Crippen LogP contribution in [0.1, 0.15) is 36.1 Å². The maximum absolute atomic E-state index is 10.8. The second-order valence-electron chi connectivity index (χ2n) is 3.78. The Morgan fingerprint density at radius 3 is 2.38 bits per heavy atom. The van der Waals surface area contributed by atoms with Crippen LogP contribution in [0.15, 0.2) is 0 Å². The first kappa shape index (κ1) is 9.98. The van der Waals surface area contributed by atoms with Crippen molar-refractivity contribution in [2.45, 2.75) is 26.2 Å². The van der Waals surface area contributed by atoms with Crippen LogP contribution in [0.2, 0.25) is 0 Å². The normalized spacial score (nSPS) is 11.6. The van der Waals surface area contributed by atoms with Gasteiger partial charge in [0, 0.05) is 5.41 Å². The van der Waals surface area contributed by atoms with Gasteiger partial charge in [-0.25, -0.2) is 9.78 Å². The lowest BCUT2D eigenvalue weighted by atomic mass is 9.91. The van der Waals surface area contributed by atoms with Gasteiger partial charge in [-0.15, -0.1) is 0 Å². The molecule has 3 N–H and O–H groups in total. The lowest BCUT2D eigenvalue weighted by Gasteiger charge is -2.15. The van der Waals surface area contributed by atoms with Crippen molar-refractivity contribution in [3.63, 3.8) is 0 Å². The van der Waals surface area contributed by atoms with Crippen molar-refractivity contribution in [2.75, 3.05) is 5.73 Å². The van der Waals surface area contributed by atoms with Gasteiger partial charge in [-0.1, -0.05) is 32.1 Å². The molecule has 0 aliphatic carbocycles. The number of nitrogens with zero attached hydrogens (tertiary/aromatic N) is 1. The van der Waals surface area contributed by atoms with Gasteiger partial charge < -0.3 is 10.8 Å². The van der Waals surface area contributed by atoms with Gasteiger partial charge in [0.05, 0.1) is 5.69 Å². The van der Waals surface area contributed by atoms with E-state index < -0.39 is 5.97 Å². The van der Waals surface area contributed by atoms with Crippen LogP contribution in [0.25, 0.3) is 0 Å². The van der Waals surface area contributed by atoms with Gasteiger partial charge in [-0.05, 0) is 0 Å². The molecule has 0 aromatic carbocycles. The lowest BCUT2D eigenvalue weighted by Crippen LogP contribution is -2.16. The molecule has 72 valence electrons. The summed E-state index contributed by atoms with van der Waals surface area (Å²) in [6.07, 6.45) is 0. The third-order valence-electron chi connectivity index (χ3n) is 1.55. The van der Waals surface area contributed by atoms with Crippen LogP contribution in [0, 0.1) is 0 Å². The largest absolute Gasteiger partial charge is 0.477 e. The number of anilines is 1. The molecule has 13 heavy (non-hydrogen) atoms. The predicted molar refractivity (Wildman–Crippen MR) is 52.2 cm³/mol. The fourth-order valence-corrected chi connectivity index (χ4v) is 1.87. The van der Waals surface area contributed by atoms with Crippen LogP contribution < -0.4 is 5.73 Å². The molecule has 1 heterocycles. The number of aromatic carboxylic acids is 1. The van der Waals surface area contributed by atoms with Gasteiger partial charge in [-0.2, -0.15) is 0 Å². The average molecular weight is 200 g/mol. The molecule has 0 fully saturated rings. The Labute approximate surface area is 80.4 Å². The highest BCUT2D eigenvalue weighted by Crippen LogP contribution is 2.30. The molecule has 0 saturated carbocycles. The zero-order chi connectivity index (χ0) is 10.2. The number of hydrogen-bond donors (Lipinski definition) is 2. The molecule has 5 heteroatoms. The van der Waals surface area contributed by atoms with Crippen molar-refractivity contribution < 1.29 is 9.90 Å². The first-order chi connectivity index (χ1) is 5.82. The van der Waals surface area contributed by atoms with Gasteiger partial charge in [0.25, 0.3) is 0 Å². The van der Waals surface area contributed by atoms with Gasteiger partial charge in [0.15, 0.2) is 5.13 Å². The molecule has 0 unspecified atom stereocenters. The summed E-state index contributed by atoms with van der Waals surface area (Å²) < 4.78 is 0. The van der Waals surface area contributed by atoms with Gasteiger partial charge in [0.2, 0.25) is 0 Å². The van der Waals surface area contributed by atoms with Crippen molar-refractivity contribution in [1.29, 1.82) is 0 Å². The number of rotatable bonds is 1. The Morgan fingerprint density at radius 1 is 1.54 bits per heavy atom. The number of nitrogens with two attached hydrogens (primary N) is 1. The number of thiazole rings is 1. The van der Waals surface area contributed by atoms with E-state index in [-0.39, 0.29) is 10.3 Å². The van der Waals surface area contributed by atoms with Gasteiger partial charge in [-0.3, -0.25) is 0 Å². The Kier molecular flexibility index (Phi) is 2.30. The maximum Gasteiger partial charge on any atom is 0.347 e. The minimum atomic E-state index is -0.959. The second kappa shape index (κ2) is 2.99. The van der Waals surface area contributed by atoms with E-state index in [9.17, 15) is 4.79 Å². The Hall–Kier alpha value is -1.10. The number of carbonyl (C=O) groups is 1. The molecular weight excluding hydrogens is 188 g/mol. The highest BCUT2D eigenvalue weighted by molar-refractivity contribution is 7.17. The van der Waals surface area contributed by atoms with Crippen LogP contribution in [-0.4, -0.2) is 16.1 Å². The van der Waals surface area contributed by atoms with E-state index in [4.69, 9.17) is 10.8 Å². The molecule has 0 aliphatic rings. The fraction of sp³-hybridized carbons (Fsp3) is 0.500. The number of carboxylic acid groups (broad SMARTS) is 1. The lowest BCUT2D eigenvalue weighted by molar-refractivity contribution is 0.0699. The highest BCUT2D eigenvalue weighted by Gasteiger charge is 2.26. The molecule has 0 bridgehead atoms. The van der Waals surface area contributed by atoms with E-state index in [0.29, 0.717) is 10.8 Å². The zero-order valence-electron chi connectivity index (χ0n) is 7.79. The molecule has 0 atom stereocenters. The topological polar surface area (TPSA) is 76.2 Å². The molecule has 0 saturated heterocycles. The first-order valence-electron chi connectivity index (χ1n) is 3.82. The summed E-state index contributed by atoms with van der Waals surface area (Å²) in [6.45, 7) is 5.73. The minimum absolute atomic E-state index is 0.241.